The second-order valence-electron chi connectivity index (χ2n) is 4.82. The van der Waals surface area contributed by atoms with E-state index in [1.807, 2.05) is 39.1 Å². The van der Waals surface area contributed by atoms with Gasteiger partial charge in [0.1, 0.15) is 17.3 Å². The average Bonchev–Trinajstić information content (AvgIpc) is 2.72. The zero-order valence-corrected chi connectivity index (χ0v) is 13.9. The van der Waals surface area contributed by atoms with Gasteiger partial charge in [-0.15, -0.1) is 0 Å². The molecule has 0 radical (unpaired) electrons. The van der Waals surface area contributed by atoms with Gasteiger partial charge >= 0.3 is 0 Å². The number of hydrogen-bond donors (Lipinski definition) is 1. The molecule has 0 spiro atoms. The summed E-state index contributed by atoms with van der Waals surface area (Å²) in [6.45, 7) is 4.35. The number of hydrogen-bond acceptors (Lipinski definition) is 3. The van der Waals surface area contributed by atoms with E-state index in [0.717, 1.165) is 34.7 Å². The van der Waals surface area contributed by atoms with Gasteiger partial charge in [-0.1, -0.05) is 42.9 Å². The van der Waals surface area contributed by atoms with E-state index in [-0.39, 0.29) is 0 Å². The summed E-state index contributed by atoms with van der Waals surface area (Å²) in [5.74, 6) is 0.746. The van der Waals surface area contributed by atoms with Gasteiger partial charge in [0.25, 0.3) is 0 Å². The highest BCUT2D eigenvalue weighted by Gasteiger charge is 2.14. The van der Waals surface area contributed by atoms with E-state index in [9.17, 15) is 0 Å². The predicted octanol–water partition coefficient (Wildman–Crippen LogP) is 3.16. The maximum Gasteiger partial charge on any atom is 0.131 e. The Morgan fingerprint density at radius 3 is 2.76 bits per heavy atom. The number of ether oxygens (including phenoxy) is 1. The van der Waals surface area contributed by atoms with Crippen molar-refractivity contribution in [3.05, 3.63) is 45.7 Å². The lowest BCUT2D eigenvalue weighted by atomic mass is 10.1. The number of aromatic nitrogens is 2. The van der Waals surface area contributed by atoms with Crippen LogP contribution in [0, 0.1) is 6.92 Å². The van der Waals surface area contributed by atoms with E-state index in [2.05, 4.69) is 5.10 Å². The molecule has 0 fully saturated rings. The smallest absolute Gasteiger partial charge is 0.131 e. The van der Waals surface area contributed by atoms with Gasteiger partial charge in [0.05, 0.1) is 16.4 Å². The van der Waals surface area contributed by atoms with Crippen molar-refractivity contribution in [1.29, 1.82) is 0 Å². The minimum atomic E-state index is 0.351. The maximum absolute atomic E-state index is 6.31. The molecule has 0 amide bonds. The number of aryl methyl sites for hydroxylation is 3. The summed E-state index contributed by atoms with van der Waals surface area (Å²) in [6, 6.07) is 5.67. The second-order valence-corrected chi connectivity index (χ2v) is 5.64. The molecule has 4 nitrogen and oxygen atoms in total. The SMILES string of the molecule is CCc1nn(C)c(COc2cc(C(N)=S)ccc2C)c1Cl. The summed E-state index contributed by atoms with van der Waals surface area (Å²) < 4.78 is 7.63. The quantitative estimate of drug-likeness (QED) is 0.859. The minimum Gasteiger partial charge on any atom is -0.487 e. The van der Waals surface area contributed by atoms with Crippen LogP contribution in [0.3, 0.4) is 0 Å². The van der Waals surface area contributed by atoms with E-state index in [0.29, 0.717) is 16.6 Å². The number of thiocarbonyl (C=S) groups is 1. The first kappa shape index (κ1) is 15.8. The van der Waals surface area contributed by atoms with E-state index < -0.39 is 0 Å². The third kappa shape index (κ3) is 3.36. The molecule has 1 aromatic carbocycles. The third-order valence-electron chi connectivity index (χ3n) is 3.34. The molecule has 0 saturated heterocycles. The van der Waals surface area contributed by atoms with Crippen LogP contribution < -0.4 is 10.5 Å². The first-order chi connectivity index (χ1) is 9.93. The summed E-state index contributed by atoms with van der Waals surface area (Å²) in [6.07, 6.45) is 0.794. The Hall–Kier alpha value is -1.59. The normalized spacial score (nSPS) is 10.7. The van der Waals surface area contributed by atoms with E-state index >= 15 is 0 Å². The molecule has 0 unspecified atom stereocenters. The number of benzene rings is 1. The molecule has 1 aromatic heterocycles. The van der Waals surface area contributed by atoms with Crippen molar-refractivity contribution in [3.8, 4) is 5.75 Å². The Kier molecular flexibility index (Phi) is 4.85. The molecule has 2 aromatic rings. The van der Waals surface area contributed by atoms with E-state index in [1.165, 1.54) is 0 Å². The lowest BCUT2D eigenvalue weighted by Crippen LogP contribution is -2.10. The van der Waals surface area contributed by atoms with Crippen LogP contribution in [0.2, 0.25) is 5.02 Å². The highest BCUT2D eigenvalue weighted by atomic mass is 35.5. The third-order valence-corrected chi connectivity index (χ3v) is 4.01. The van der Waals surface area contributed by atoms with Crippen molar-refractivity contribution in [1.82, 2.24) is 9.78 Å². The fraction of sp³-hybridized carbons (Fsp3) is 0.333. The van der Waals surface area contributed by atoms with Crippen LogP contribution >= 0.6 is 23.8 Å². The van der Waals surface area contributed by atoms with Crippen LogP contribution in [0.15, 0.2) is 18.2 Å². The van der Waals surface area contributed by atoms with Crippen LogP contribution in [0.25, 0.3) is 0 Å². The van der Waals surface area contributed by atoms with Crippen LogP contribution in [-0.2, 0) is 20.1 Å². The second kappa shape index (κ2) is 6.45. The zero-order chi connectivity index (χ0) is 15.6. The molecule has 112 valence electrons. The molecule has 6 heteroatoms. The molecule has 2 rings (SSSR count). The standard InChI is InChI=1S/C15H18ClN3OS/c1-4-11-14(16)12(19(3)18-11)8-20-13-7-10(15(17)21)6-5-9(13)2/h5-7H,4,8H2,1-3H3,(H2,17,21). The Labute approximate surface area is 134 Å². The molecule has 0 saturated carbocycles. The number of halogens is 1. The first-order valence-electron chi connectivity index (χ1n) is 6.67. The molecule has 0 aliphatic carbocycles. The minimum absolute atomic E-state index is 0.351. The van der Waals surface area contributed by atoms with Crippen molar-refractivity contribution in [2.45, 2.75) is 26.9 Å². The highest BCUT2D eigenvalue weighted by Crippen LogP contribution is 2.25. The van der Waals surface area contributed by atoms with Gasteiger partial charge in [-0.05, 0) is 25.0 Å². The van der Waals surface area contributed by atoms with Crippen LogP contribution in [0.1, 0.15) is 29.4 Å². The molecule has 0 bridgehead atoms. The highest BCUT2D eigenvalue weighted by molar-refractivity contribution is 7.80. The summed E-state index contributed by atoms with van der Waals surface area (Å²) >= 11 is 11.3. The monoisotopic (exact) mass is 323 g/mol. The summed E-state index contributed by atoms with van der Waals surface area (Å²) in [5, 5.41) is 5.04. The zero-order valence-electron chi connectivity index (χ0n) is 12.3. The number of nitrogens with two attached hydrogens (primary N) is 1. The topological polar surface area (TPSA) is 53.1 Å². The average molecular weight is 324 g/mol. The van der Waals surface area contributed by atoms with Gasteiger partial charge in [-0.2, -0.15) is 5.10 Å². The molecule has 0 atom stereocenters. The molecule has 0 aliphatic rings. The predicted molar refractivity (Wildman–Crippen MR) is 89.0 cm³/mol. The Balaban J connectivity index is 2.22. The molecule has 21 heavy (non-hydrogen) atoms. The van der Waals surface area contributed by atoms with Crippen LogP contribution in [-0.4, -0.2) is 14.8 Å². The van der Waals surface area contributed by atoms with Gasteiger partial charge in [0.15, 0.2) is 0 Å². The summed E-state index contributed by atoms with van der Waals surface area (Å²) in [5.41, 5.74) is 9.19. The molecular formula is C15H18ClN3OS. The number of rotatable bonds is 5. The van der Waals surface area contributed by atoms with Gasteiger partial charge in [-0.3, -0.25) is 4.68 Å². The summed E-state index contributed by atoms with van der Waals surface area (Å²) in [7, 11) is 1.86. The number of nitrogens with zero attached hydrogens (tertiary/aromatic N) is 2. The van der Waals surface area contributed by atoms with Crippen LogP contribution in [0.5, 0.6) is 5.75 Å². The Bertz CT molecular complexity index is 682. The van der Waals surface area contributed by atoms with Crippen molar-refractivity contribution >= 4 is 28.8 Å². The molecule has 1 heterocycles. The maximum atomic E-state index is 6.31. The van der Waals surface area contributed by atoms with Crippen molar-refractivity contribution in [2.24, 2.45) is 12.8 Å². The lowest BCUT2D eigenvalue weighted by molar-refractivity contribution is 0.293. The van der Waals surface area contributed by atoms with Gasteiger partial charge in [-0.25, -0.2) is 0 Å². The largest absolute Gasteiger partial charge is 0.487 e. The van der Waals surface area contributed by atoms with Crippen molar-refractivity contribution in [2.75, 3.05) is 0 Å². The van der Waals surface area contributed by atoms with E-state index in [1.54, 1.807) is 4.68 Å². The Morgan fingerprint density at radius 2 is 2.19 bits per heavy atom. The van der Waals surface area contributed by atoms with Gasteiger partial charge in [0, 0.05) is 12.6 Å². The van der Waals surface area contributed by atoms with Crippen LogP contribution in [0.4, 0.5) is 0 Å². The summed E-state index contributed by atoms with van der Waals surface area (Å²) in [4.78, 5) is 0.353. The lowest BCUT2D eigenvalue weighted by Gasteiger charge is -2.11. The van der Waals surface area contributed by atoms with Gasteiger partial charge < -0.3 is 10.5 Å². The first-order valence-corrected chi connectivity index (χ1v) is 7.46. The molecular weight excluding hydrogens is 306 g/mol. The molecule has 2 N–H and O–H groups in total. The Morgan fingerprint density at radius 1 is 1.48 bits per heavy atom. The van der Waals surface area contributed by atoms with Crippen molar-refractivity contribution < 1.29 is 4.74 Å². The van der Waals surface area contributed by atoms with E-state index in [4.69, 9.17) is 34.3 Å². The fourth-order valence-corrected chi connectivity index (χ4v) is 2.51. The fourth-order valence-electron chi connectivity index (χ4n) is 2.03. The van der Waals surface area contributed by atoms with Crippen molar-refractivity contribution in [3.63, 3.8) is 0 Å². The van der Waals surface area contributed by atoms with Gasteiger partial charge in [0.2, 0.25) is 0 Å². The molecule has 0 aliphatic heterocycles.